The van der Waals surface area contributed by atoms with Crippen molar-refractivity contribution in [3.8, 4) is 5.75 Å². The van der Waals surface area contributed by atoms with E-state index in [0.717, 1.165) is 0 Å². The van der Waals surface area contributed by atoms with Gasteiger partial charge in [-0.3, -0.25) is 14.9 Å². The maximum atomic E-state index is 12.9. The van der Waals surface area contributed by atoms with Crippen molar-refractivity contribution in [2.45, 2.75) is 33.3 Å². The molecule has 0 fully saturated rings. The van der Waals surface area contributed by atoms with Crippen LogP contribution in [-0.4, -0.2) is 48.6 Å². The smallest absolute Gasteiger partial charge is 0.412 e. The lowest BCUT2D eigenvalue weighted by Gasteiger charge is -2.21. The highest BCUT2D eigenvalue weighted by Gasteiger charge is 2.19. The van der Waals surface area contributed by atoms with Gasteiger partial charge in [0.1, 0.15) is 17.9 Å². The average molecular weight is 428 g/mol. The number of anilines is 2. The first-order valence-corrected chi connectivity index (χ1v) is 9.94. The molecule has 0 aliphatic rings. The van der Waals surface area contributed by atoms with Gasteiger partial charge in [0.25, 0.3) is 5.91 Å². The highest BCUT2D eigenvalue weighted by Crippen LogP contribution is 2.18. The number of methoxy groups -OCH3 is 1. The number of ether oxygens (including phenoxy) is 2. The van der Waals surface area contributed by atoms with Crippen LogP contribution in [0, 0.1) is 0 Å². The van der Waals surface area contributed by atoms with Crippen molar-refractivity contribution in [1.29, 1.82) is 0 Å². The van der Waals surface area contributed by atoms with Crippen molar-refractivity contribution >= 4 is 29.3 Å². The summed E-state index contributed by atoms with van der Waals surface area (Å²) < 4.78 is 10.4. The fourth-order valence-electron chi connectivity index (χ4n) is 2.74. The van der Waals surface area contributed by atoms with E-state index in [2.05, 4.69) is 10.6 Å². The highest BCUT2D eigenvalue weighted by atomic mass is 16.6. The second-order valence-corrected chi connectivity index (χ2v) is 7.81. The molecular weight excluding hydrogens is 398 g/mol. The fraction of sp³-hybridized carbons (Fsp3) is 0.348. The summed E-state index contributed by atoms with van der Waals surface area (Å²) in [5.74, 6) is -0.0295. The van der Waals surface area contributed by atoms with Crippen LogP contribution in [0.15, 0.2) is 48.5 Å². The minimum atomic E-state index is -0.632. The van der Waals surface area contributed by atoms with Crippen molar-refractivity contribution in [2.75, 3.05) is 30.8 Å². The summed E-state index contributed by atoms with van der Waals surface area (Å²) >= 11 is 0. The lowest BCUT2D eigenvalue weighted by molar-refractivity contribution is -0.116. The molecule has 2 rings (SSSR count). The molecule has 0 aliphatic heterocycles. The van der Waals surface area contributed by atoms with Gasteiger partial charge in [-0.2, -0.15) is 0 Å². The Hall–Kier alpha value is -3.55. The van der Waals surface area contributed by atoms with Crippen LogP contribution in [-0.2, 0) is 9.53 Å². The van der Waals surface area contributed by atoms with Gasteiger partial charge in [0, 0.05) is 29.5 Å². The largest absolute Gasteiger partial charge is 0.497 e. The molecule has 8 nitrogen and oxygen atoms in total. The number of nitrogens with one attached hydrogen (secondary N) is 2. The molecule has 0 atom stereocenters. The van der Waals surface area contributed by atoms with Gasteiger partial charge in [0.15, 0.2) is 0 Å². The molecule has 0 saturated heterocycles. The second kappa shape index (κ2) is 10.5. The topological polar surface area (TPSA) is 97.0 Å². The summed E-state index contributed by atoms with van der Waals surface area (Å²) in [6.45, 7) is 7.32. The lowest BCUT2D eigenvalue weighted by atomic mass is 10.1. The van der Waals surface area contributed by atoms with Crippen molar-refractivity contribution in [1.82, 2.24) is 4.90 Å². The third-order valence-electron chi connectivity index (χ3n) is 4.11. The van der Waals surface area contributed by atoms with Gasteiger partial charge in [-0.15, -0.1) is 0 Å². The number of benzene rings is 2. The van der Waals surface area contributed by atoms with Gasteiger partial charge in [-0.05, 0) is 58.0 Å². The summed E-state index contributed by atoms with van der Waals surface area (Å²) in [6.07, 6.45) is -0.609. The van der Waals surface area contributed by atoms with Crippen LogP contribution in [0.2, 0.25) is 0 Å². The predicted octanol–water partition coefficient (Wildman–Crippen LogP) is 4.14. The van der Waals surface area contributed by atoms with E-state index in [9.17, 15) is 14.4 Å². The summed E-state index contributed by atoms with van der Waals surface area (Å²) in [5, 5.41) is 5.37. The molecule has 0 heterocycles. The van der Waals surface area contributed by atoms with Gasteiger partial charge < -0.3 is 19.7 Å². The number of nitrogens with zero attached hydrogens (tertiary/aromatic N) is 1. The van der Waals surface area contributed by atoms with E-state index in [1.807, 2.05) is 0 Å². The Morgan fingerprint density at radius 2 is 1.61 bits per heavy atom. The zero-order valence-corrected chi connectivity index (χ0v) is 18.5. The van der Waals surface area contributed by atoms with Crippen molar-refractivity contribution < 1.29 is 23.9 Å². The highest BCUT2D eigenvalue weighted by molar-refractivity contribution is 6.00. The Bertz CT molecular complexity index is 937. The maximum absolute atomic E-state index is 12.9. The van der Waals surface area contributed by atoms with Crippen LogP contribution in [0.25, 0.3) is 0 Å². The fourth-order valence-corrected chi connectivity index (χ4v) is 2.74. The van der Waals surface area contributed by atoms with E-state index in [4.69, 9.17) is 9.47 Å². The minimum Gasteiger partial charge on any atom is -0.497 e. The molecular formula is C23H29N3O5. The molecule has 166 valence electrons. The molecule has 31 heavy (non-hydrogen) atoms. The SMILES string of the molecule is CCN(CC(=O)Nc1cccc(OC)c1)C(=O)c1cccc(NC(=O)OC(C)(C)C)c1. The van der Waals surface area contributed by atoms with Crippen LogP contribution < -0.4 is 15.4 Å². The van der Waals surface area contributed by atoms with Gasteiger partial charge in [0.2, 0.25) is 5.91 Å². The third kappa shape index (κ3) is 7.65. The van der Waals surface area contributed by atoms with Crippen LogP contribution >= 0.6 is 0 Å². The normalized spacial score (nSPS) is 10.7. The van der Waals surface area contributed by atoms with Crippen LogP contribution in [0.5, 0.6) is 5.75 Å². The van der Waals surface area contributed by atoms with Gasteiger partial charge in [-0.25, -0.2) is 4.79 Å². The van der Waals surface area contributed by atoms with E-state index in [1.165, 1.54) is 4.90 Å². The van der Waals surface area contributed by atoms with E-state index in [-0.39, 0.29) is 18.4 Å². The third-order valence-corrected chi connectivity index (χ3v) is 4.11. The first kappa shape index (κ1) is 23.7. The molecule has 0 aromatic heterocycles. The standard InChI is InChI=1S/C23H29N3O5/c1-6-26(15-20(27)24-18-11-8-12-19(14-18)30-5)21(28)16-9-7-10-17(13-16)25-22(29)31-23(2,3)4/h7-14H,6,15H2,1-5H3,(H,24,27)(H,25,29). The molecule has 0 unspecified atom stereocenters. The molecule has 8 heteroatoms. The zero-order chi connectivity index (χ0) is 23.0. The zero-order valence-electron chi connectivity index (χ0n) is 18.5. The van der Waals surface area contributed by atoms with Gasteiger partial charge >= 0.3 is 6.09 Å². The molecule has 2 aromatic rings. The first-order chi connectivity index (χ1) is 14.6. The summed E-state index contributed by atoms with van der Waals surface area (Å²) in [7, 11) is 1.55. The average Bonchev–Trinajstić information content (AvgIpc) is 2.70. The summed E-state index contributed by atoms with van der Waals surface area (Å²) in [4.78, 5) is 38.7. The molecule has 3 amide bonds. The number of carbonyl (C=O) groups excluding carboxylic acids is 3. The van der Waals surface area contributed by atoms with E-state index in [0.29, 0.717) is 29.2 Å². The van der Waals surface area contributed by atoms with Crippen LogP contribution in [0.4, 0.5) is 16.2 Å². The molecule has 2 N–H and O–H groups in total. The predicted molar refractivity (Wildman–Crippen MR) is 119 cm³/mol. The molecule has 0 saturated carbocycles. The molecule has 0 spiro atoms. The van der Waals surface area contributed by atoms with Crippen molar-refractivity contribution in [2.24, 2.45) is 0 Å². The molecule has 0 radical (unpaired) electrons. The monoisotopic (exact) mass is 427 g/mol. The Morgan fingerprint density at radius 1 is 0.968 bits per heavy atom. The van der Waals surface area contributed by atoms with E-state index < -0.39 is 11.7 Å². The number of amides is 3. The lowest BCUT2D eigenvalue weighted by Crippen LogP contribution is -2.37. The second-order valence-electron chi connectivity index (χ2n) is 7.81. The molecule has 0 aliphatic carbocycles. The first-order valence-electron chi connectivity index (χ1n) is 9.94. The summed E-state index contributed by atoms with van der Waals surface area (Å²) in [6, 6.07) is 13.5. The number of carbonyl (C=O) groups is 3. The molecule has 2 aromatic carbocycles. The quantitative estimate of drug-likeness (QED) is 0.692. The van der Waals surface area contributed by atoms with E-state index >= 15 is 0 Å². The Labute approximate surface area is 182 Å². The number of likely N-dealkylation sites (N-methyl/N-ethyl adjacent to an activating group) is 1. The minimum absolute atomic E-state index is 0.115. The van der Waals surface area contributed by atoms with Crippen LogP contribution in [0.3, 0.4) is 0 Å². The maximum Gasteiger partial charge on any atom is 0.412 e. The van der Waals surface area contributed by atoms with Gasteiger partial charge in [0.05, 0.1) is 7.11 Å². The Kier molecular flexibility index (Phi) is 8.01. The van der Waals surface area contributed by atoms with Crippen molar-refractivity contribution in [3.63, 3.8) is 0 Å². The van der Waals surface area contributed by atoms with Crippen molar-refractivity contribution in [3.05, 3.63) is 54.1 Å². The molecule has 0 bridgehead atoms. The van der Waals surface area contributed by atoms with E-state index in [1.54, 1.807) is 83.3 Å². The Balaban J connectivity index is 2.04. The number of rotatable bonds is 7. The summed E-state index contributed by atoms with van der Waals surface area (Å²) in [5.41, 5.74) is 0.727. The number of hydrogen-bond acceptors (Lipinski definition) is 5. The number of hydrogen-bond donors (Lipinski definition) is 2. The Morgan fingerprint density at radius 3 is 2.23 bits per heavy atom. The van der Waals surface area contributed by atoms with Gasteiger partial charge in [-0.1, -0.05) is 12.1 Å². The van der Waals surface area contributed by atoms with Crippen LogP contribution in [0.1, 0.15) is 38.1 Å².